The number of tetrazole rings is 1. The summed E-state index contributed by atoms with van der Waals surface area (Å²) in [5.74, 6) is 0.822. The van der Waals surface area contributed by atoms with Gasteiger partial charge in [0.25, 0.3) is 11.9 Å². The molecule has 1 amide bonds. The molecule has 0 spiro atoms. The normalized spacial score (nSPS) is 11.0. The van der Waals surface area contributed by atoms with Crippen LogP contribution in [0.3, 0.4) is 0 Å². The Morgan fingerprint density at radius 1 is 1.46 bits per heavy atom. The van der Waals surface area contributed by atoms with Crippen LogP contribution >= 0.6 is 0 Å². The number of methoxy groups -OCH3 is 1. The molecule has 1 aromatic heterocycles. The van der Waals surface area contributed by atoms with Gasteiger partial charge >= 0.3 is 0 Å². The Morgan fingerprint density at radius 3 is 2.88 bits per heavy atom. The zero-order valence-corrected chi connectivity index (χ0v) is 13.6. The molecule has 1 aromatic carbocycles. The predicted octanol–water partition coefficient (Wildman–Crippen LogP) is 0.201. The van der Waals surface area contributed by atoms with Gasteiger partial charge < -0.3 is 15.2 Å². The molecule has 0 atom stereocenters. The van der Waals surface area contributed by atoms with E-state index in [0.717, 1.165) is 10.4 Å². The Balaban J connectivity index is 1.94. The molecular formula is C14H19N7O3. The fourth-order valence-electron chi connectivity index (χ4n) is 1.78. The minimum atomic E-state index is -0.407. The van der Waals surface area contributed by atoms with E-state index in [2.05, 4.69) is 25.9 Å². The van der Waals surface area contributed by atoms with E-state index in [1.807, 2.05) is 13.8 Å². The third-order valence-corrected chi connectivity index (χ3v) is 2.71. The molecule has 3 N–H and O–H groups in total. The highest BCUT2D eigenvalue weighted by atomic mass is 16.5. The molecule has 10 nitrogen and oxygen atoms in total. The van der Waals surface area contributed by atoms with Gasteiger partial charge in [0.2, 0.25) is 0 Å². The number of hydrogen-bond donors (Lipinski definition) is 2. The quantitative estimate of drug-likeness (QED) is 0.547. The van der Waals surface area contributed by atoms with Crippen molar-refractivity contribution < 1.29 is 14.3 Å². The van der Waals surface area contributed by atoms with Gasteiger partial charge in [-0.25, -0.2) is 5.43 Å². The van der Waals surface area contributed by atoms with Crippen LogP contribution < -0.4 is 20.6 Å². The van der Waals surface area contributed by atoms with Gasteiger partial charge in [0, 0.05) is 0 Å². The first kappa shape index (κ1) is 17.2. The first-order valence-corrected chi connectivity index (χ1v) is 7.18. The summed E-state index contributed by atoms with van der Waals surface area (Å²) in [6.07, 6.45) is 1.53. The molecule has 0 aliphatic rings. The summed E-state index contributed by atoms with van der Waals surface area (Å²) in [7, 11) is 1.56. The number of nitrogens with one attached hydrogen (secondary N) is 1. The number of hydrogen-bond acceptors (Lipinski definition) is 8. The van der Waals surface area contributed by atoms with Crippen LogP contribution in [0.5, 0.6) is 11.5 Å². The Morgan fingerprint density at radius 2 is 2.25 bits per heavy atom. The largest absolute Gasteiger partial charge is 0.493 e. The number of anilines is 1. The number of benzene rings is 1. The lowest BCUT2D eigenvalue weighted by Crippen LogP contribution is -2.24. The minimum Gasteiger partial charge on any atom is -0.493 e. The molecule has 0 saturated carbocycles. The number of carbonyl (C=O) groups is 1. The van der Waals surface area contributed by atoms with Crippen molar-refractivity contribution in [2.75, 3.05) is 12.8 Å². The van der Waals surface area contributed by atoms with Gasteiger partial charge in [0.1, 0.15) is 6.54 Å². The Labute approximate surface area is 138 Å². The van der Waals surface area contributed by atoms with Gasteiger partial charge in [-0.1, -0.05) is 5.10 Å². The first-order valence-electron chi connectivity index (χ1n) is 7.18. The molecule has 2 aromatic rings. The highest BCUT2D eigenvalue weighted by Gasteiger charge is 2.07. The SMILES string of the molecule is COc1cc(/C=N\NC(=O)Cn2nnc(N)n2)ccc1OC(C)C. The summed E-state index contributed by atoms with van der Waals surface area (Å²) in [6.45, 7) is 3.73. The molecular weight excluding hydrogens is 314 g/mol. The molecule has 0 fully saturated rings. The summed E-state index contributed by atoms with van der Waals surface area (Å²) in [5, 5.41) is 14.6. The fraction of sp³-hybridized carbons (Fsp3) is 0.357. The number of nitrogens with zero attached hydrogens (tertiary/aromatic N) is 5. The van der Waals surface area contributed by atoms with Crippen LogP contribution in [0, 0.1) is 0 Å². The molecule has 0 bridgehead atoms. The zero-order valence-electron chi connectivity index (χ0n) is 13.6. The van der Waals surface area contributed by atoms with Crippen LogP contribution in [0.1, 0.15) is 19.4 Å². The van der Waals surface area contributed by atoms with Gasteiger partial charge in [-0.3, -0.25) is 4.79 Å². The van der Waals surface area contributed by atoms with Crippen molar-refractivity contribution in [3.8, 4) is 11.5 Å². The summed E-state index contributed by atoms with van der Waals surface area (Å²) >= 11 is 0. The number of hydrazone groups is 1. The number of ether oxygens (including phenoxy) is 2. The van der Waals surface area contributed by atoms with Crippen LogP contribution in [0.4, 0.5) is 5.95 Å². The van der Waals surface area contributed by atoms with E-state index < -0.39 is 5.91 Å². The maximum atomic E-state index is 11.7. The lowest BCUT2D eigenvalue weighted by molar-refractivity contribution is -0.122. The first-order chi connectivity index (χ1) is 11.5. The second kappa shape index (κ2) is 7.90. The Bertz CT molecular complexity index is 727. The fourth-order valence-corrected chi connectivity index (χ4v) is 1.78. The zero-order chi connectivity index (χ0) is 17.5. The Hall–Kier alpha value is -3.17. The van der Waals surface area contributed by atoms with Gasteiger partial charge in [0.15, 0.2) is 11.5 Å². The van der Waals surface area contributed by atoms with Crippen molar-refractivity contribution >= 4 is 18.1 Å². The van der Waals surface area contributed by atoms with Gasteiger partial charge in [-0.05, 0) is 42.8 Å². The summed E-state index contributed by atoms with van der Waals surface area (Å²) in [6, 6.07) is 5.34. The van der Waals surface area contributed by atoms with Crippen LogP contribution in [-0.2, 0) is 11.3 Å². The molecule has 10 heteroatoms. The van der Waals surface area contributed by atoms with Crippen LogP contribution in [0.2, 0.25) is 0 Å². The van der Waals surface area contributed by atoms with E-state index in [4.69, 9.17) is 15.2 Å². The number of rotatable bonds is 7. The predicted molar refractivity (Wildman–Crippen MR) is 86.7 cm³/mol. The van der Waals surface area contributed by atoms with Crippen molar-refractivity contribution in [3.63, 3.8) is 0 Å². The highest BCUT2D eigenvalue weighted by Crippen LogP contribution is 2.28. The van der Waals surface area contributed by atoms with Crippen molar-refractivity contribution in [1.29, 1.82) is 0 Å². The van der Waals surface area contributed by atoms with Crippen LogP contribution in [-0.4, -0.2) is 45.5 Å². The molecule has 0 radical (unpaired) electrons. The number of aromatic nitrogens is 4. The molecule has 1 heterocycles. The Kier molecular flexibility index (Phi) is 5.66. The van der Waals surface area contributed by atoms with Gasteiger partial charge in [0.05, 0.1) is 19.4 Å². The third-order valence-electron chi connectivity index (χ3n) is 2.71. The van der Waals surface area contributed by atoms with E-state index in [-0.39, 0.29) is 18.6 Å². The average Bonchev–Trinajstić information content (AvgIpc) is 2.93. The molecule has 24 heavy (non-hydrogen) atoms. The molecule has 0 aliphatic carbocycles. The maximum absolute atomic E-state index is 11.7. The van der Waals surface area contributed by atoms with Crippen LogP contribution in [0.15, 0.2) is 23.3 Å². The summed E-state index contributed by atoms with van der Waals surface area (Å²) < 4.78 is 10.9. The lowest BCUT2D eigenvalue weighted by Gasteiger charge is -2.13. The smallest absolute Gasteiger partial charge is 0.263 e. The standard InChI is InChI=1S/C14H19N7O3/c1-9(2)24-11-5-4-10(6-12(11)23-3)7-16-17-13(22)8-21-19-14(15)18-20-21/h4-7,9H,8H2,1-3H3,(H2,15,19)(H,17,22)/b16-7-. The average molecular weight is 333 g/mol. The summed E-state index contributed by atoms with van der Waals surface area (Å²) in [5.41, 5.74) is 8.42. The van der Waals surface area contributed by atoms with E-state index in [1.54, 1.807) is 25.3 Å². The second-order valence-corrected chi connectivity index (χ2v) is 5.05. The molecule has 0 saturated heterocycles. The molecule has 0 unspecified atom stereocenters. The van der Waals surface area contributed by atoms with Crippen molar-refractivity contribution in [1.82, 2.24) is 25.6 Å². The number of nitrogens with two attached hydrogens (primary N) is 1. The molecule has 2 rings (SSSR count). The van der Waals surface area contributed by atoms with E-state index in [9.17, 15) is 4.79 Å². The van der Waals surface area contributed by atoms with Gasteiger partial charge in [-0.2, -0.15) is 9.90 Å². The topological polar surface area (TPSA) is 130 Å². The van der Waals surface area contributed by atoms with E-state index in [1.165, 1.54) is 6.21 Å². The van der Waals surface area contributed by atoms with Crippen molar-refractivity contribution in [3.05, 3.63) is 23.8 Å². The highest BCUT2D eigenvalue weighted by molar-refractivity contribution is 5.83. The van der Waals surface area contributed by atoms with Crippen molar-refractivity contribution in [2.45, 2.75) is 26.5 Å². The monoisotopic (exact) mass is 333 g/mol. The molecule has 128 valence electrons. The molecule has 0 aliphatic heterocycles. The second-order valence-electron chi connectivity index (χ2n) is 5.05. The number of carbonyl (C=O) groups excluding carboxylic acids is 1. The maximum Gasteiger partial charge on any atom is 0.263 e. The van der Waals surface area contributed by atoms with Gasteiger partial charge in [-0.15, -0.1) is 5.10 Å². The number of amides is 1. The minimum absolute atomic E-state index is 0.00195. The third kappa shape index (κ3) is 4.93. The van der Waals surface area contributed by atoms with Crippen molar-refractivity contribution in [2.24, 2.45) is 5.10 Å². The van der Waals surface area contributed by atoms with E-state index in [0.29, 0.717) is 11.5 Å². The number of nitrogen functional groups attached to an aromatic ring is 1. The summed E-state index contributed by atoms with van der Waals surface area (Å²) in [4.78, 5) is 12.7. The van der Waals surface area contributed by atoms with E-state index >= 15 is 0 Å². The lowest BCUT2D eigenvalue weighted by atomic mass is 10.2. The van der Waals surface area contributed by atoms with Crippen LogP contribution in [0.25, 0.3) is 0 Å².